The van der Waals surface area contributed by atoms with Crippen LogP contribution in [-0.2, 0) is 11.3 Å². The third-order valence-electron chi connectivity index (χ3n) is 3.63. The first-order chi connectivity index (χ1) is 12.2. The zero-order valence-corrected chi connectivity index (χ0v) is 14.3. The van der Waals surface area contributed by atoms with Crippen LogP contribution in [0.15, 0.2) is 60.8 Å². The Labute approximate surface area is 151 Å². The molecule has 2 aromatic carbocycles. The van der Waals surface area contributed by atoms with Crippen LogP contribution in [0.25, 0.3) is 10.9 Å². The molecule has 1 heterocycles. The first-order valence-corrected chi connectivity index (χ1v) is 8.25. The molecule has 25 heavy (non-hydrogen) atoms. The van der Waals surface area contributed by atoms with E-state index in [0.717, 1.165) is 10.9 Å². The van der Waals surface area contributed by atoms with Crippen LogP contribution in [0.4, 0.5) is 0 Å². The van der Waals surface area contributed by atoms with Gasteiger partial charge in [-0.3, -0.25) is 4.79 Å². The summed E-state index contributed by atoms with van der Waals surface area (Å²) in [5.74, 6) is 6.23. The van der Waals surface area contributed by atoms with E-state index in [4.69, 9.17) is 16.3 Å². The summed E-state index contributed by atoms with van der Waals surface area (Å²) in [7, 11) is 0. The summed E-state index contributed by atoms with van der Waals surface area (Å²) < 4.78 is 7.37. The van der Waals surface area contributed by atoms with Crippen molar-refractivity contribution < 1.29 is 9.53 Å². The lowest BCUT2D eigenvalue weighted by atomic mass is 10.2. The van der Waals surface area contributed by atoms with Crippen LogP contribution in [0.1, 0.15) is 0 Å². The van der Waals surface area contributed by atoms with E-state index in [1.54, 1.807) is 12.1 Å². The zero-order valence-electron chi connectivity index (χ0n) is 13.5. The van der Waals surface area contributed by atoms with Gasteiger partial charge in [0.1, 0.15) is 18.9 Å². The highest BCUT2D eigenvalue weighted by atomic mass is 35.5. The number of nitrogens with zero attached hydrogens (tertiary/aromatic N) is 1. The van der Waals surface area contributed by atoms with Crippen LogP contribution in [-0.4, -0.2) is 23.6 Å². The van der Waals surface area contributed by atoms with Crippen LogP contribution >= 0.6 is 11.6 Å². The molecule has 1 N–H and O–H groups in total. The number of benzene rings is 2. The largest absolute Gasteiger partial charge is 0.479 e. The van der Waals surface area contributed by atoms with Gasteiger partial charge in [0, 0.05) is 11.7 Å². The van der Waals surface area contributed by atoms with Crippen LogP contribution in [0.3, 0.4) is 0 Å². The summed E-state index contributed by atoms with van der Waals surface area (Å²) in [4.78, 5) is 12.0. The number of carbonyl (C=O) groups excluding carboxylic acids is 1. The van der Waals surface area contributed by atoms with Crippen molar-refractivity contribution in [2.45, 2.75) is 6.54 Å². The SMILES string of the molecule is O=C(Cn1ccc2ccccc21)NCC#CCOc1ccccc1Cl. The number of aromatic nitrogens is 1. The van der Waals surface area contributed by atoms with Crippen LogP contribution in [0.5, 0.6) is 5.75 Å². The van der Waals surface area contributed by atoms with Crippen LogP contribution in [0, 0.1) is 11.8 Å². The molecule has 0 saturated heterocycles. The Hall–Kier alpha value is -2.90. The normalized spacial score (nSPS) is 10.1. The van der Waals surface area contributed by atoms with E-state index < -0.39 is 0 Å². The van der Waals surface area contributed by atoms with Gasteiger partial charge in [0.05, 0.1) is 11.6 Å². The minimum absolute atomic E-state index is 0.0809. The molecule has 0 radical (unpaired) electrons. The maximum Gasteiger partial charge on any atom is 0.240 e. The lowest BCUT2D eigenvalue weighted by Crippen LogP contribution is -2.27. The Morgan fingerprint density at radius 2 is 1.88 bits per heavy atom. The molecule has 3 rings (SSSR count). The average molecular weight is 353 g/mol. The van der Waals surface area contributed by atoms with Crippen molar-refractivity contribution in [1.82, 2.24) is 9.88 Å². The van der Waals surface area contributed by atoms with E-state index in [1.165, 1.54) is 0 Å². The molecule has 0 atom stereocenters. The maximum absolute atomic E-state index is 12.0. The Morgan fingerprint density at radius 3 is 2.76 bits per heavy atom. The van der Waals surface area contributed by atoms with Crippen LogP contribution in [0.2, 0.25) is 5.02 Å². The highest BCUT2D eigenvalue weighted by Gasteiger charge is 2.04. The van der Waals surface area contributed by atoms with Crippen molar-refractivity contribution in [3.05, 3.63) is 65.8 Å². The molecule has 0 fully saturated rings. The standard InChI is InChI=1S/C20H17ClN2O2/c21-17-8-2-4-10-19(17)25-14-6-5-12-22-20(24)15-23-13-11-16-7-1-3-9-18(16)23/h1-4,7-11,13H,12,14-15H2,(H,22,24). The lowest BCUT2D eigenvalue weighted by molar-refractivity contribution is -0.121. The second-order valence-electron chi connectivity index (χ2n) is 5.35. The monoisotopic (exact) mass is 352 g/mol. The molecular weight excluding hydrogens is 336 g/mol. The number of rotatable bonds is 5. The highest BCUT2D eigenvalue weighted by molar-refractivity contribution is 6.32. The van der Waals surface area contributed by atoms with Gasteiger partial charge in [-0.2, -0.15) is 0 Å². The molecule has 0 saturated carbocycles. The first kappa shape index (κ1) is 16.9. The molecule has 0 aliphatic rings. The predicted molar refractivity (Wildman–Crippen MR) is 99.7 cm³/mol. The number of amides is 1. The highest BCUT2D eigenvalue weighted by Crippen LogP contribution is 2.22. The maximum atomic E-state index is 12.0. The first-order valence-electron chi connectivity index (χ1n) is 7.87. The number of fused-ring (bicyclic) bond motifs is 1. The molecule has 0 bridgehead atoms. The smallest absolute Gasteiger partial charge is 0.240 e. The number of ether oxygens (including phenoxy) is 1. The van der Waals surface area contributed by atoms with E-state index >= 15 is 0 Å². The fourth-order valence-electron chi connectivity index (χ4n) is 2.42. The van der Waals surface area contributed by atoms with E-state index in [9.17, 15) is 4.79 Å². The van der Waals surface area contributed by atoms with E-state index in [0.29, 0.717) is 10.8 Å². The van der Waals surface area contributed by atoms with Crippen molar-refractivity contribution >= 4 is 28.4 Å². The number of hydrogen-bond acceptors (Lipinski definition) is 2. The molecule has 5 heteroatoms. The van der Waals surface area contributed by atoms with Crippen molar-refractivity contribution in [3.8, 4) is 17.6 Å². The molecule has 126 valence electrons. The molecule has 0 aliphatic heterocycles. The summed E-state index contributed by atoms with van der Waals surface area (Å²) in [5.41, 5.74) is 1.04. The van der Waals surface area contributed by atoms with E-state index in [2.05, 4.69) is 17.2 Å². The lowest BCUT2D eigenvalue weighted by Gasteiger charge is -2.05. The van der Waals surface area contributed by atoms with Crippen molar-refractivity contribution in [3.63, 3.8) is 0 Å². The number of hydrogen-bond donors (Lipinski definition) is 1. The second-order valence-corrected chi connectivity index (χ2v) is 5.76. The fourth-order valence-corrected chi connectivity index (χ4v) is 2.61. The van der Waals surface area contributed by atoms with Crippen molar-refractivity contribution in [1.29, 1.82) is 0 Å². The Bertz CT molecular complexity index is 937. The Morgan fingerprint density at radius 1 is 1.08 bits per heavy atom. The van der Waals surface area contributed by atoms with Gasteiger partial charge in [0.2, 0.25) is 5.91 Å². The van der Waals surface area contributed by atoms with Gasteiger partial charge in [-0.15, -0.1) is 0 Å². The Balaban J connectivity index is 1.43. The van der Waals surface area contributed by atoms with Crippen molar-refractivity contribution in [2.24, 2.45) is 0 Å². The molecule has 1 aromatic heterocycles. The minimum Gasteiger partial charge on any atom is -0.479 e. The molecular formula is C20H17ClN2O2. The molecule has 0 unspecified atom stereocenters. The third-order valence-corrected chi connectivity index (χ3v) is 3.94. The van der Waals surface area contributed by atoms with Gasteiger partial charge in [-0.25, -0.2) is 0 Å². The average Bonchev–Trinajstić information content (AvgIpc) is 3.02. The topological polar surface area (TPSA) is 43.3 Å². The zero-order chi connectivity index (χ0) is 17.5. The minimum atomic E-state index is -0.0809. The van der Waals surface area contributed by atoms with Gasteiger partial charge in [0.25, 0.3) is 0 Å². The van der Waals surface area contributed by atoms with Crippen molar-refractivity contribution in [2.75, 3.05) is 13.2 Å². The number of carbonyl (C=O) groups is 1. The molecule has 0 spiro atoms. The summed E-state index contributed by atoms with van der Waals surface area (Å²) >= 11 is 5.98. The number of para-hydroxylation sites is 2. The number of nitrogens with one attached hydrogen (secondary N) is 1. The summed E-state index contributed by atoms with van der Waals surface area (Å²) in [6.45, 7) is 0.775. The molecule has 1 amide bonds. The predicted octanol–water partition coefficient (Wildman–Crippen LogP) is 3.49. The third kappa shape index (κ3) is 4.56. The van der Waals surface area contributed by atoms with Gasteiger partial charge in [0.15, 0.2) is 0 Å². The summed E-state index contributed by atoms with van der Waals surface area (Å²) in [5, 5.41) is 4.45. The second kappa shape index (κ2) is 8.27. The molecule has 0 aliphatic carbocycles. The molecule has 3 aromatic rings. The van der Waals surface area contributed by atoms with E-state index in [1.807, 2.05) is 53.2 Å². The molecule has 4 nitrogen and oxygen atoms in total. The van der Waals surface area contributed by atoms with Gasteiger partial charge < -0.3 is 14.6 Å². The Kier molecular flexibility index (Phi) is 5.61. The van der Waals surface area contributed by atoms with Gasteiger partial charge in [-0.05, 0) is 29.7 Å². The summed E-state index contributed by atoms with van der Waals surface area (Å²) in [6.07, 6.45) is 1.91. The van der Waals surface area contributed by atoms with Gasteiger partial charge >= 0.3 is 0 Å². The number of halogens is 1. The van der Waals surface area contributed by atoms with Crippen LogP contribution < -0.4 is 10.1 Å². The fraction of sp³-hybridized carbons (Fsp3) is 0.150. The van der Waals surface area contributed by atoms with Gasteiger partial charge in [-0.1, -0.05) is 53.8 Å². The summed E-state index contributed by atoms with van der Waals surface area (Å²) in [6, 6.07) is 17.2. The quantitative estimate of drug-likeness (QED) is 0.714. The van der Waals surface area contributed by atoms with E-state index in [-0.39, 0.29) is 25.6 Å².